The van der Waals surface area contributed by atoms with Gasteiger partial charge in [-0.05, 0) is 39.5 Å². The van der Waals surface area contributed by atoms with Crippen LogP contribution in [0.25, 0.3) is 0 Å². The SMILES string of the molecule is CC(C)(C)[Si](OC(CCC(=O)O)c1ccc(F)cc1)(c1ccccc1)c1ccccc1. The molecule has 0 aliphatic rings. The molecule has 162 valence electrons. The van der Waals surface area contributed by atoms with E-state index in [1.54, 1.807) is 12.1 Å². The van der Waals surface area contributed by atoms with E-state index in [0.29, 0.717) is 6.42 Å². The third-order valence-corrected chi connectivity index (χ3v) is 10.6. The summed E-state index contributed by atoms with van der Waals surface area (Å²) in [6, 6.07) is 26.6. The number of hydrogen-bond acceptors (Lipinski definition) is 2. The van der Waals surface area contributed by atoms with Crippen molar-refractivity contribution >= 4 is 24.7 Å². The van der Waals surface area contributed by atoms with Crippen molar-refractivity contribution < 1.29 is 18.7 Å². The zero-order valence-corrected chi connectivity index (χ0v) is 19.2. The van der Waals surface area contributed by atoms with Crippen molar-refractivity contribution in [2.75, 3.05) is 0 Å². The Morgan fingerprint density at radius 1 is 0.903 bits per heavy atom. The van der Waals surface area contributed by atoms with Crippen molar-refractivity contribution in [1.29, 1.82) is 0 Å². The van der Waals surface area contributed by atoms with E-state index in [2.05, 4.69) is 45.0 Å². The first-order valence-electron chi connectivity index (χ1n) is 10.5. The Morgan fingerprint density at radius 3 is 1.81 bits per heavy atom. The van der Waals surface area contributed by atoms with Crippen LogP contribution in [-0.2, 0) is 9.22 Å². The van der Waals surface area contributed by atoms with Crippen LogP contribution in [0.4, 0.5) is 4.39 Å². The summed E-state index contributed by atoms with van der Waals surface area (Å²) in [4.78, 5) is 11.4. The molecule has 3 aromatic rings. The molecule has 31 heavy (non-hydrogen) atoms. The van der Waals surface area contributed by atoms with Gasteiger partial charge in [-0.1, -0.05) is 93.6 Å². The molecule has 3 rings (SSSR count). The largest absolute Gasteiger partial charge is 0.481 e. The van der Waals surface area contributed by atoms with Gasteiger partial charge in [0.1, 0.15) is 5.82 Å². The van der Waals surface area contributed by atoms with Crippen LogP contribution in [0.2, 0.25) is 5.04 Å². The van der Waals surface area contributed by atoms with E-state index < -0.39 is 20.4 Å². The minimum atomic E-state index is -2.87. The molecule has 1 unspecified atom stereocenters. The molecule has 0 saturated heterocycles. The first-order valence-corrected chi connectivity index (χ1v) is 12.4. The topological polar surface area (TPSA) is 46.5 Å². The van der Waals surface area contributed by atoms with Gasteiger partial charge in [-0.2, -0.15) is 0 Å². The van der Waals surface area contributed by atoms with Crippen LogP contribution < -0.4 is 10.4 Å². The number of rotatable bonds is 8. The molecule has 3 aromatic carbocycles. The number of carboxylic acids is 1. The average molecular weight is 437 g/mol. The highest BCUT2D eigenvalue weighted by atomic mass is 28.4. The molecule has 0 saturated carbocycles. The zero-order chi connectivity index (χ0) is 22.5. The van der Waals surface area contributed by atoms with Crippen LogP contribution in [0.5, 0.6) is 0 Å². The first-order chi connectivity index (χ1) is 14.7. The Balaban J connectivity index is 2.19. The van der Waals surface area contributed by atoms with Gasteiger partial charge in [0.15, 0.2) is 0 Å². The summed E-state index contributed by atoms with van der Waals surface area (Å²) in [5.41, 5.74) is 0.788. The number of benzene rings is 3. The Labute approximate surface area is 184 Å². The number of aliphatic carboxylic acids is 1. The van der Waals surface area contributed by atoms with Crippen molar-refractivity contribution in [3.05, 3.63) is 96.3 Å². The molecular formula is C26H29FO3Si. The molecule has 0 spiro atoms. The predicted octanol–water partition coefficient (Wildman–Crippen LogP) is 5.31. The smallest absolute Gasteiger partial charge is 0.303 e. The van der Waals surface area contributed by atoms with E-state index in [-0.39, 0.29) is 17.3 Å². The van der Waals surface area contributed by atoms with Gasteiger partial charge in [0.05, 0.1) is 6.10 Å². The minimum absolute atomic E-state index is 0.0275. The Hall–Kier alpha value is -2.76. The highest BCUT2D eigenvalue weighted by molar-refractivity contribution is 6.99. The van der Waals surface area contributed by atoms with Crippen LogP contribution in [0.15, 0.2) is 84.9 Å². The first kappa shape index (κ1) is 22.9. The molecule has 1 atom stereocenters. The summed E-state index contributed by atoms with van der Waals surface area (Å²) in [6.45, 7) is 6.54. The van der Waals surface area contributed by atoms with Crippen molar-refractivity contribution in [2.24, 2.45) is 0 Å². The van der Waals surface area contributed by atoms with Gasteiger partial charge in [-0.25, -0.2) is 4.39 Å². The molecule has 0 amide bonds. The lowest BCUT2D eigenvalue weighted by Gasteiger charge is -2.45. The summed E-state index contributed by atoms with van der Waals surface area (Å²) in [5, 5.41) is 11.3. The maximum Gasteiger partial charge on any atom is 0.303 e. The van der Waals surface area contributed by atoms with E-state index in [1.165, 1.54) is 12.1 Å². The summed E-state index contributed by atoms with van der Waals surface area (Å²) >= 11 is 0. The summed E-state index contributed by atoms with van der Waals surface area (Å²) < 4.78 is 20.7. The average Bonchev–Trinajstić information content (AvgIpc) is 2.75. The molecule has 3 nitrogen and oxygen atoms in total. The number of carbonyl (C=O) groups is 1. The number of carboxylic acid groups (broad SMARTS) is 1. The molecule has 5 heteroatoms. The van der Waals surface area contributed by atoms with E-state index in [1.807, 2.05) is 36.4 Å². The van der Waals surface area contributed by atoms with Gasteiger partial charge in [0.2, 0.25) is 0 Å². The summed E-state index contributed by atoms with van der Waals surface area (Å²) in [7, 11) is -2.87. The van der Waals surface area contributed by atoms with E-state index in [9.17, 15) is 14.3 Å². The second kappa shape index (κ2) is 9.58. The molecule has 0 radical (unpaired) electrons. The molecule has 0 bridgehead atoms. The lowest BCUT2D eigenvalue weighted by atomic mass is 10.1. The quantitative estimate of drug-likeness (QED) is 0.487. The zero-order valence-electron chi connectivity index (χ0n) is 18.2. The fourth-order valence-electron chi connectivity index (χ4n) is 4.13. The van der Waals surface area contributed by atoms with Gasteiger partial charge in [0.25, 0.3) is 8.32 Å². The fraction of sp³-hybridized carbons (Fsp3) is 0.269. The van der Waals surface area contributed by atoms with Crippen LogP contribution in [-0.4, -0.2) is 19.4 Å². The summed E-state index contributed by atoms with van der Waals surface area (Å²) in [5.74, 6) is -1.20. The Kier molecular flexibility index (Phi) is 7.08. The van der Waals surface area contributed by atoms with Crippen molar-refractivity contribution in [3.8, 4) is 0 Å². The van der Waals surface area contributed by atoms with Gasteiger partial charge >= 0.3 is 5.97 Å². The molecule has 0 heterocycles. The maximum absolute atomic E-state index is 13.6. The third kappa shape index (κ3) is 5.11. The normalized spacial score (nSPS) is 13.0. The highest BCUT2D eigenvalue weighted by Gasteiger charge is 2.51. The minimum Gasteiger partial charge on any atom is -0.481 e. The molecule has 0 aromatic heterocycles. The number of halogens is 1. The van der Waals surface area contributed by atoms with Gasteiger partial charge in [-0.15, -0.1) is 0 Å². The third-order valence-electron chi connectivity index (χ3n) is 5.60. The van der Waals surface area contributed by atoms with E-state index in [0.717, 1.165) is 15.9 Å². The van der Waals surface area contributed by atoms with Crippen molar-refractivity contribution in [3.63, 3.8) is 0 Å². The van der Waals surface area contributed by atoms with Gasteiger partial charge < -0.3 is 9.53 Å². The second-order valence-corrected chi connectivity index (χ2v) is 13.0. The lowest BCUT2D eigenvalue weighted by Crippen LogP contribution is -2.66. The van der Waals surface area contributed by atoms with Crippen LogP contribution in [0, 0.1) is 5.82 Å². The molecular weight excluding hydrogens is 407 g/mol. The standard InChI is InChI=1S/C26H29FO3Si/c1-26(2,3)31(22-10-6-4-7-11-22,23-12-8-5-9-13-23)30-24(18-19-25(28)29)20-14-16-21(27)17-15-20/h4-17,24H,18-19H2,1-3H3,(H,28,29). The highest BCUT2D eigenvalue weighted by Crippen LogP contribution is 2.40. The monoisotopic (exact) mass is 436 g/mol. The molecule has 1 N–H and O–H groups in total. The van der Waals surface area contributed by atoms with Gasteiger partial charge in [-0.3, -0.25) is 4.79 Å². The Bertz CT molecular complexity index is 943. The van der Waals surface area contributed by atoms with Crippen LogP contribution >= 0.6 is 0 Å². The molecule has 0 aliphatic carbocycles. The summed E-state index contributed by atoms with van der Waals surface area (Å²) in [6.07, 6.45) is -0.186. The lowest BCUT2D eigenvalue weighted by molar-refractivity contribution is -0.137. The van der Waals surface area contributed by atoms with Crippen LogP contribution in [0.1, 0.15) is 45.3 Å². The van der Waals surface area contributed by atoms with E-state index in [4.69, 9.17) is 4.43 Å². The van der Waals surface area contributed by atoms with Gasteiger partial charge in [0, 0.05) is 6.42 Å². The van der Waals surface area contributed by atoms with Crippen molar-refractivity contribution in [1.82, 2.24) is 0 Å². The molecule has 0 fully saturated rings. The van der Waals surface area contributed by atoms with E-state index >= 15 is 0 Å². The Morgan fingerprint density at radius 2 is 1.39 bits per heavy atom. The predicted molar refractivity (Wildman–Crippen MR) is 125 cm³/mol. The second-order valence-electron chi connectivity index (χ2n) is 8.75. The fourth-order valence-corrected chi connectivity index (χ4v) is 8.83. The van der Waals surface area contributed by atoms with Crippen molar-refractivity contribution in [2.45, 2.75) is 44.8 Å². The number of hydrogen-bond donors (Lipinski definition) is 1. The maximum atomic E-state index is 13.6. The molecule has 0 aliphatic heterocycles. The van der Waals surface area contributed by atoms with Crippen LogP contribution in [0.3, 0.4) is 0 Å².